The minimum atomic E-state index is -3.93. The van der Waals surface area contributed by atoms with Crippen molar-refractivity contribution in [1.82, 2.24) is 14.9 Å². The number of carbonyl (C=O) groups excluding carboxylic acids is 1. The fraction of sp³-hybridized carbons (Fsp3) is 0.250. The summed E-state index contributed by atoms with van der Waals surface area (Å²) in [4.78, 5) is 11.8. The Balaban J connectivity index is 2.17. The quantitative estimate of drug-likeness (QED) is 0.898. The minimum Gasteiger partial charge on any atom is -0.281 e. The third kappa shape index (κ3) is 3.76. The van der Waals surface area contributed by atoms with E-state index in [1.54, 1.807) is 32.9 Å². The van der Waals surface area contributed by atoms with Gasteiger partial charge in [0.05, 0.1) is 4.90 Å². The number of nitrogens with one attached hydrogen (secondary N) is 2. The van der Waals surface area contributed by atoms with Crippen molar-refractivity contribution in [2.45, 2.75) is 25.7 Å². The third-order valence-electron chi connectivity index (χ3n) is 2.61. The van der Waals surface area contributed by atoms with Gasteiger partial charge in [0.25, 0.3) is 10.0 Å². The zero-order chi connectivity index (χ0) is 15.6. The highest BCUT2D eigenvalue weighted by Crippen LogP contribution is 2.17. The highest BCUT2D eigenvalue weighted by atomic mass is 32.2. The van der Waals surface area contributed by atoms with Gasteiger partial charge in [-0.2, -0.15) is 0 Å². The Hall–Kier alpha value is -2.00. The number of sulfonamides is 1. The Kier molecular flexibility index (Phi) is 4.24. The molecule has 0 unspecified atom stereocenters. The van der Waals surface area contributed by atoms with Crippen molar-refractivity contribution >= 4 is 32.5 Å². The van der Waals surface area contributed by atoms with Crippen molar-refractivity contribution in [2.75, 3.05) is 5.32 Å². The predicted octanol–water partition coefficient (Wildman–Crippen LogP) is 1.97. The van der Waals surface area contributed by atoms with E-state index in [1.165, 1.54) is 6.07 Å². The molecule has 0 aliphatic heterocycles. The summed E-state index contributed by atoms with van der Waals surface area (Å²) in [5, 5.41) is 10.7. The largest absolute Gasteiger partial charge is 0.334 e. The molecule has 9 heteroatoms. The average molecular weight is 326 g/mol. The number of nitrogens with zero attached hydrogens (tertiary/aromatic N) is 2. The van der Waals surface area contributed by atoms with Gasteiger partial charge in [0.15, 0.2) is 0 Å². The molecule has 0 atom stereocenters. The van der Waals surface area contributed by atoms with Gasteiger partial charge < -0.3 is 0 Å². The van der Waals surface area contributed by atoms with E-state index < -0.39 is 16.1 Å². The first-order chi connectivity index (χ1) is 9.78. The van der Waals surface area contributed by atoms with Crippen LogP contribution in [0.25, 0.3) is 0 Å². The summed E-state index contributed by atoms with van der Waals surface area (Å²) in [5.41, 5.74) is 1.36. The minimum absolute atomic E-state index is 0.0751. The van der Waals surface area contributed by atoms with Gasteiger partial charge in [-0.15, -0.1) is 10.2 Å². The second-order valence-corrected chi connectivity index (χ2v) is 7.29. The molecule has 0 spiro atoms. The van der Waals surface area contributed by atoms with E-state index in [0.29, 0.717) is 10.6 Å². The van der Waals surface area contributed by atoms with Gasteiger partial charge in [0.2, 0.25) is 5.13 Å². The molecule has 112 valence electrons. The van der Waals surface area contributed by atoms with Crippen LogP contribution in [0.3, 0.4) is 0 Å². The second kappa shape index (κ2) is 5.78. The van der Waals surface area contributed by atoms with Crippen molar-refractivity contribution in [3.8, 4) is 0 Å². The number of amides is 2. The van der Waals surface area contributed by atoms with Crippen LogP contribution in [0.5, 0.6) is 0 Å². The molecule has 0 fully saturated rings. The molecule has 2 rings (SSSR count). The van der Waals surface area contributed by atoms with Crippen molar-refractivity contribution < 1.29 is 13.2 Å². The molecule has 0 bridgehead atoms. The third-order valence-corrected chi connectivity index (χ3v) is 4.83. The molecule has 2 N–H and O–H groups in total. The molecule has 21 heavy (non-hydrogen) atoms. The Bertz CT molecular complexity index is 784. The van der Waals surface area contributed by atoms with Gasteiger partial charge >= 0.3 is 6.03 Å². The van der Waals surface area contributed by atoms with E-state index in [-0.39, 0.29) is 10.0 Å². The number of aryl methyl sites for hydroxylation is 3. The van der Waals surface area contributed by atoms with Gasteiger partial charge in [-0.25, -0.2) is 17.9 Å². The Labute approximate surface area is 126 Å². The number of hydrogen-bond donors (Lipinski definition) is 2. The zero-order valence-corrected chi connectivity index (χ0v) is 13.3. The summed E-state index contributed by atoms with van der Waals surface area (Å²) >= 11 is 1.15. The highest BCUT2D eigenvalue weighted by Gasteiger charge is 2.20. The normalized spacial score (nSPS) is 11.2. The first-order valence-electron chi connectivity index (χ1n) is 5.99. The van der Waals surface area contributed by atoms with Crippen LogP contribution in [0.2, 0.25) is 0 Å². The molecule has 1 heterocycles. The molecule has 7 nitrogen and oxygen atoms in total. The van der Waals surface area contributed by atoms with Gasteiger partial charge in [0, 0.05) is 0 Å². The Morgan fingerprint density at radius 2 is 1.90 bits per heavy atom. The van der Waals surface area contributed by atoms with Crippen LogP contribution in [0.1, 0.15) is 16.1 Å². The number of rotatable bonds is 3. The molecule has 1 aromatic carbocycles. The first-order valence-corrected chi connectivity index (χ1v) is 8.29. The molecule has 1 aromatic heterocycles. The average Bonchev–Trinajstić information content (AvgIpc) is 2.76. The number of carbonyl (C=O) groups is 1. The van der Waals surface area contributed by atoms with E-state index in [0.717, 1.165) is 16.9 Å². The smallest absolute Gasteiger partial charge is 0.281 e. The second-order valence-electron chi connectivity index (χ2n) is 4.45. The molecule has 0 aliphatic carbocycles. The van der Waals surface area contributed by atoms with Gasteiger partial charge in [0.1, 0.15) is 5.01 Å². The van der Waals surface area contributed by atoms with Crippen LogP contribution in [0, 0.1) is 20.8 Å². The summed E-state index contributed by atoms with van der Waals surface area (Å²) in [6.07, 6.45) is 0. The maximum absolute atomic E-state index is 12.2. The number of urea groups is 1. The maximum Gasteiger partial charge on any atom is 0.334 e. The Morgan fingerprint density at radius 3 is 2.52 bits per heavy atom. The van der Waals surface area contributed by atoms with Crippen molar-refractivity contribution in [3.63, 3.8) is 0 Å². The van der Waals surface area contributed by atoms with Crippen molar-refractivity contribution in [3.05, 3.63) is 34.3 Å². The summed E-state index contributed by atoms with van der Waals surface area (Å²) in [7, 11) is -3.93. The summed E-state index contributed by atoms with van der Waals surface area (Å²) in [5.74, 6) is 0. The number of hydrogen-bond acceptors (Lipinski definition) is 6. The lowest BCUT2D eigenvalue weighted by molar-refractivity contribution is 0.256. The SMILES string of the molecule is Cc1ccc(C)c(S(=O)(=O)NC(=O)Nc2nnc(C)s2)c1. The molecule has 0 saturated heterocycles. The number of anilines is 1. The highest BCUT2D eigenvalue weighted by molar-refractivity contribution is 7.90. The monoisotopic (exact) mass is 326 g/mol. The fourth-order valence-electron chi connectivity index (χ4n) is 1.64. The van der Waals surface area contributed by atoms with Crippen LogP contribution in [-0.2, 0) is 10.0 Å². The van der Waals surface area contributed by atoms with Crippen LogP contribution >= 0.6 is 11.3 Å². The lowest BCUT2D eigenvalue weighted by Crippen LogP contribution is -2.34. The molecule has 0 aliphatic rings. The summed E-state index contributed by atoms with van der Waals surface area (Å²) in [6, 6.07) is 4.14. The topological polar surface area (TPSA) is 101 Å². The Morgan fingerprint density at radius 1 is 1.19 bits per heavy atom. The molecular weight excluding hydrogens is 312 g/mol. The lowest BCUT2D eigenvalue weighted by atomic mass is 10.2. The fourth-order valence-corrected chi connectivity index (χ4v) is 3.47. The summed E-state index contributed by atoms with van der Waals surface area (Å²) in [6.45, 7) is 5.18. The first kappa shape index (κ1) is 15.4. The van der Waals surface area contributed by atoms with E-state index >= 15 is 0 Å². The molecular formula is C12H14N4O3S2. The van der Waals surface area contributed by atoms with Crippen LogP contribution < -0.4 is 10.0 Å². The standard InChI is InChI=1S/C12H14N4O3S2/c1-7-4-5-8(2)10(6-7)21(18,19)16-11(17)13-12-15-14-9(3)20-12/h4-6H,1-3H3,(H2,13,15,16,17). The van der Waals surface area contributed by atoms with E-state index in [9.17, 15) is 13.2 Å². The van der Waals surface area contributed by atoms with Gasteiger partial charge in [-0.05, 0) is 38.0 Å². The van der Waals surface area contributed by atoms with Crippen molar-refractivity contribution in [1.29, 1.82) is 0 Å². The van der Waals surface area contributed by atoms with Crippen LogP contribution in [0.4, 0.5) is 9.93 Å². The molecule has 0 radical (unpaired) electrons. The predicted molar refractivity (Wildman–Crippen MR) is 79.9 cm³/mol. The van der Waals surface area contributed by atoms with Gasteiger partial charge in [-0.1, -0.05) is 23.5 Å². The van der Waals surface area contributed by atoms with Crippen LogP contribution in [0.15, 0.2) is 23.1 Å². The van der Waals surface area contributed by atoms with E-state index in [2.05, 4.69) is 15.5 Å². The number of benzene rings is 1. The van der Waals surface area contributed by atoms with Crippen molar-refractivity contribution in [2.24, 2.45) is 0 Å². The molecule has 2 aromatic rings. The maximum atomic E-state index is 12.2. The zero-order valence-electron chi connectivity index (χ0n) is 11.7. The van der Waals surface area contributed by atoms with Crippen LogP contribution in [-0.4, -0.2) is 24.6 Å². The summed E-state index contributed by atoms with van der Waals surface area (Å²) < 4.78 is 26.4. The molecule has 2 amide bonds. The molecule has 0 saturated carbocycles. The number of aromatic nitrogens is 2. The lowest BCUT2D eigenvalue weighted by Gasteiger charge is -2.10. The van der Waals surface area contributed by atoms with E-state index in [1.807, 2.05) is 4.72 Å². The van der Waals surface area contributed by atoms with E-state index in [4.69, 9.17) is 0 Å². The van der Waals surface area contributed by atoms with Gasteiger partial charge in [-0.3, -0.25) is 5.32 Å².